The number of fused-ring (bicyclic) bond motifs is 1. The molecule has 1 aliphatic rings. The summed E-state index contributed by atoms with van der Waals surface area (Å²) < 4.78 is 0. The van der Waals surface area contributed by atoms with Gasteiger partial charge in [-0.05, 0) is 43.4 Å². The third-order valence-corrected chi connectivity index (χ3v) is 3.40. The van der Waals surface area contributed by atoms with Crippen molar-refractivity contribution in [3.8, 4) is 0 Å². The van der Waals surface area contributed by atoms with Crippen molar-refractivity contribution in [2.45, 2.75) is 32.2 Å². The smallest absolute Gasteiger partial charge is 0.255 e. The molecule has 1 aliphatic carbocycles. The van der Waals surface area contributed by atoms with E-state index in [0.717, 1.165) is 42.5 Å². The molecule has 19 heavy (non-hydrogen) atoms. The molecule has 0 saturated carbocycles. The molecule has 2 aromatic rings. The molecule has 0 bridgehead atoms. The zero-order valence-electron chi connectivity index (χ0n) is 10.6. The first-order chi connectivity index (χ1) is 9.33. The maximum absolute atomic E-state index is 12.0. The molecule has 0 amide bonds. The minimum atomic E-state index is 0.00179. The van der Waals surface area contributed by atoms with Crippen LogP contribution in [0, 0.1) is 0 Å². The molecule has 0 unspecified atom stereocenters. The number of nitrogens with zero attached hydrogens (tertiary/aromatic N) is 2. The van der Waals surface area contributed by atoms with Crippen LogP contribution in [0.5, 0.6) is 0 Å². The number of nitrogens with one attached hydrogen (secondary N) is 2. The van der Waals surface area contributed by atoms with Crippen LogP contribution in [0.3, 0.4) is 0 Å². The minimum absolute atomic E-state index is 0.00179. The summed E-state index contributed by atoms with van der Waals surface area (Å²) in [7, 11) is 0. The summed E-state index contributed by atoms with van der Waals surface area (Å²) in [6, 6.07) is 3.87. The van der Waals surface area contributed by atoms with Gasteiger partial charge in [0.1, 0.15) is 0 Å². The first-order valence-corrected chi connectivity index (χ1v) is 6.58. The van der Waals surface area contributed by atoms with Crippen LogP contribution in [0.1, 0.15) is 29.7 Å². The Hall–Kier alpha value is -2.17. The zero-order valence-corrected chi connectivity index (χ0v) is 10.6. The lowest BCUT2D eigenvalue weighted by Crippen LogP contribution is -2.22. The third kappa shape index (κ3) is 2.65. The fraction of sp³-hybridized carbons (Fsp3) is 0.357. The van der Waals surface area contributed by atoms with Crippen molar-refractivity contribution in [3.05, 3.63) is 51.7 Å². The maximum Gasteiger partial charge on any atom is 0.255 e. The van der Waals surface area contributed by atoms with Crippen LogP contribution in [0.15, 0.2) is 29.3 Å². The Balaban J connectivity index is 1.78. The number of aromatic amines is 1. The number of hydrogen-bond acceptors (Lipinski definition) is 4. The van der Waals surface area contributed by atoms with Crippen LogP contribution < -0.4 is 10.9 Å². The highest BCUT2D eigenvalue weighted by Gasteiger charge is 2.15. The van der Waals surface area contributed by atoms with Crippen molar-refractivity contribution in [3.63, 3.8) is 0 Å². The average molecular weight is 256 g/mol. The zero-order chi connectivity index (χ0) is 13.1. The molecule has 0 aromatic carbocycles. The van der Waals surface area contributed by atoms with E-state index in [0.29, 0.717) is 12.5 Å². The van der Waals surface area contributed by atoms with Crippen LogP contribution in [-0.2, 0) is 19.4 Å². The van der Waals surface area contributed by atoms with E-state index in [1.165, 1.54) is 0 Å². The quantitative estimate of drug-likeness (QED) is 0.876. The van der Waals surface area contributed by atoms with Crippen LogP contribution >= 0.6 is 0 Å². The highest BCUT2D eigenvalue weighted by molar-refractivity contribution is 5.32. The number of H-pyrrole nitrogens is 1. The Morgan fingerprint density at radius 1 is 1.21 bits per heavy atom. The van der Waals surface area contributed by atoms with Gasteiger partial charge in [-0.1, -0.05) is 0 Å². The molecule has 2 aromatic heterocycles. The molecule has 0 radical (unpaired) electrons. The maximum atomic E-state index is 12.0. The van der Waals surface area contributed by atoms with Crippen molar-refractivity contribution in [2.24, 2.45) is 0 Å². The van der Waals surface area contributed by atoms with Gasteiger partial charge in [-0.25, -0.2) is 4.98 Å². The Kier molecular flexibility index (Phi) is 3.27. The van der Waals surface area contributed by atoms with Gasteiger partial charge in [0.05, 0.1) is 5.69 Å². The van der Waals surface area contributed by atoms with Crippen LogP contribution in [-0.4, -0.2) is 15.0 Å². The second-order valence-electron chi connectivity index (χ2n) is 4.76. The molecule has 0 spiro atoms. The first-order valence-electron chi connectivity index (χ1n) is 6.58. The van der Waals surface area contributed by atoms with E-state index < -0.39 is 0 Å². The Labute approximate surface area is 111 Å². The number of hydrogen-bond donors (Lipinski definition) is 2. The van der Waals surface area contributed by atoms with Gasteiger partial charge >= 0.3 is 0 Å². The van der Waals surface area contributed by atoms with Crippen molar-refractivity contribution in [1.29, 1.82) is 0 Å². The predicted molar refractivity (Wildman–Crippen MR) is 73.1 cm³/mol. The van der Waals surface area contributed by atoms with Gasteiger partial charge in [0, 0.05) is 24.5 Å². The van der Waals surface area contributed by atoms with Crippen LogP contribution in [0.2, 0.25) is 0 Å². The van der Waals surface area contributed by atoms with Gasteiger partial charge in [-0.15, -0.1) is 0 Å². The van der Waals surface area contributed by atoms with Crippen LogP contribution in [0.4, 0.5) is 5.95 Å². The summed E-state index contributed by atoms with van der Waals surface area (Å²) >= 11 is 0. The summed E-state index contributed by atoms with van der Waals surface area (Å²) in [6.45, 7) is 0.629. The standard InChI is InChI=1S/C14H16N4O/c19-13-11-3-1-2-4-12(11)17-14(18-13)16-9-10-5-7-15-8-6-10/h5-8H,1-4,9H2,(H2,16,17,18,19). The van der Waals surface area contributed by atoms with E-state index in [1.807, 2.05) is 12.1 Å². The van der Waals surface area contributed by atoms with Gasteiger partial charge in [-0.3, -0.25) is 14.8 Å². The largest absolute Gasteiger partial charge is 0.352 e. The molecule has 0 saturated heterocycles. The molecule has 3 rings (SSSR count). The summed E-state index contributed by atoms with van der Waals surface area (Å²) in [4.78, 5) is 23.2. The van der Waals surface area contributed by atoms with E-state index in [-0.39, 0.29) is 5.56 Å². The Morgan fingerprint density at radius 3 is 2.84 bits per heavy atom. The van der Waals surface area contributed by atoms with Gasteiger partial charge < -0.3 is 5.32 Å². The molecule has 2 heterocycles. The highest BCUT2D eigenvalue weighted by Crippen LogP contribution is 2.16. The van der Waals surface area contributed by atoms with E-state index in [4.69, 9.17) is 0 Å². The van der Waals surface area contributed by atoms with E-state index in [9.17, 15) is 4.79 Å². The van der Waals surface area contributed by atoms with Crippen molar-refractivity contribution in [1.82, 2.24) is 15.0 Å². The lowest BCUT2D eigenvalue weighted by molar-refractivity contribution is 0.657. The molecular weight excluding hydrogens is 240 g/mol. The van der Waals surface area contributed by atoms with Gasteiger partial charge in [0.15, 0.2) is 0 Å². The Morgan fingerprint density at radius 2 is 2.00 bits per heavy atom. The lowest BCUT2D eigenvalue weighted by atomic mass is 9.97. The fourth-order valence-corrected chi connectivity index (χ4v) is 2.37. The molecule has 5 nitrogen and oxygen atoms in total. The molecule has 2 N–H and O–H groups in total. The number of rotatable bonds is 3. The summed E-state index contributed by atoms with van der Waals surface area (Å²) in [5.74, 6) is 0.558. The number of anilines is 1. The molecule has 98 valence electrons. The van der Waals surface area contributed by atoms with E-state index in [1.54, 1.807) is 12.4 Å². The Bertz CT molecular complexity index is 621. The van der Waals surface area contributed by atoms with E-state index in [2.05, 4.69) is 20.3 Å². The SMILES string of the molecule is O=c1[nH]c(NCc2ccncc2)nc2c1CCCC2. The monoisotopic (exact) mass is 256 g/mol. The minimum Gasteiger partial charge on any atom is -0.352 e. The van der Waals surface area contributed by atoms with Gasteiger partial charge in [-0.2, -0.15) is 0 Å². The highest BCUT2D eigenvalue weighted by atomic mass is 16.1. The molecular formula is C14H16N4O. The molecule has 0 aliphatic heterocycles. The number of aryl methyl sites for hydroxylation is 1. The topological polar surface area (TPSA) is 70.7 Å². The summed E-state index contributed by atoms with van der Waals surface area (Å²) in [6.07, 6.45) is 7.46. The van der Waals surface area contributed by atoms with Gasteiger partial charge in [0.2, 0.25) is 5.95 Å². The summed E-state index contributed by atoms with van der Waals surface area (Å²) in [5.41, 5.74) is 2.92. The van der Waals surface area contributed by atoms with Crippen molar-refractivity contribution >= 4 is 5.95 Å². The number of aromatic nitrogens is 3. The number of pyridine rings is 1. The predicted octanol–water partition coefficient (Wildman–Crippen LogP) is 1.66. The van der Waals surface area contributed by atoms with Crippen molar-refractivity contribution in [2.75, 3.05) is 5.32 Å². The second kappa shape index (κ2) is 5.22. The molecule has 5 heteroatoms. The normalized spacial score (nSPS) is 13.9. The van der Waals surface area contributed by atoms with Crippen molar-refractivity contribution < 1.29 is 0 Å². The third-order valence-electron chi connectivity index (χ3n) is 3.40. The van der Waals surface area contributed by atoms with E-state index >= 15 is 0 Å². The molecule has 0 atom stereocenters. The van der Waals surface area contributed by atoms with Crippen LogP contribution in [0.25, 0.3) is 0 Å². The second-order valence-corrected chi connectivity index (χ2v) is 4.76. The summed E-state index contributed by atoms with van der Waals surface area (Å²) in [5, 5.41) is 3.16. The average Bonchev–Trinajstić information content (AvgIpc) is 2.46. The fourth-order valence-electron chi connectivity index (χ4n) is 2.37. The molecule has 0 fully saturated rings. The lowest BCUT2D eigenvalue weighted by Gasteiger charge is -2.15. The first kappa shape index (κ1) is 11.9. The van der Waals surface area contributed by atoms with Gasteiger partial charge in [0.25, 0.3) is 5.56 Å².